The van der Waals surface area contributed by atoms with E-state index in [9.17, 15) is 9.18 Å². The summed E-state index contributed by atoms with van der Waals surface area (Å²) in [7, 11) is 0. The highest BCUT2D eigenvalue weighted by Crippen LogP contribution is 2.21. The number of phenols is 1. The number of hydrogen-bond acceptors (Lipinski definition) is 2. The third-order valence-corrected chi connectivity index (χ3v) is 2.73. The van der Waals surface area contributed by atoms with Crippen LogP contribution in [0.2, 0.25) is 5.02 Å². The molecule has 0 aliphatic carbocycles. The minimum atomic E-state index is -0.792. The van der Waals surface area contributed by atoms with E-state index in [2.05, 4.69) is 5.32 Å². The van der Waals surface area contributed by atoms with E-state index in [1.54, 1.807) is 12.1 Å². The predicted octanol–water partition coefficient (Wildman–Crippen LogP) is 3.75. The molecule has 98 valence electrons. The van der Waals surface area contributed by atoms with E-state index in [-0.39, 0.29) is 5.69 Å². The summed E-state index contributed by atoms with van der Waals surface area (Å²) in [5.41, 5.74) is 1.51. The van der Waals surface area contributed by atoms with E-state index in [0.717, 1.165) is 11.6 Å². The molecule has 0 spiro atoms. The van der Waals surface area contributed by atoms with Crippen molar-refractivity contribution in [2.75, 3.05) is 5.32 Å². The highest BCUT2D eigenvalue weighted by molar-refractivity contribution is 6.31. The zero-order chi connectivity index (χ0) is 14.0. The number of carbonyl (C=O) groups excluding carboxylic acids is 1. The summed E-state index contributed by atoms with van der Waals surface area (Å²) < 4.78 is 13.1. The fraction of sp³-hybridized carbons (Fsp3) is 0.0714. The first-order valence-corrected chi connectivity index (χ1v) is 5.90. The molecule has 0 saturated heterocycles. The molecule has 0 aliphatic heterocycles. The van der Waals surface area contributed by atoms with Crippen molar-refractivity contribution in [2.24, 2.45) is 0 Å². The third kappa shape index (κ3) is 3.23. The number of amides is 1. The molecule has 0 fully saturated rings. The first-order chi connectivity index (χ1) is 8.95. The Morgan fingerprint density at radius 3 is 2.63 bits per heavy atom. The zero-order valence-corrected chi connectivity index (χ0v) is 10.8. The van der Waals surface area contributed by atoms with Crippen molar-refractivity contribution in [1.29, 1.82) is 0 Å². The number of phenolic OH excluding ortho intramolecular Hbond substituents is 1. The number of rotatable bonds is 2. The molecule has 0 radical (unpaired) electrons. The largest absolute Gasteiger partial charge is 0.505 e. The van der Waals surface area contributed by atoms with Crippen molar-refractivity contribution in [3.8, 4) is 5.75 Å². The van der Waals surface area contributed by atoms with Gasteiger partial charge in [-0.3, -0.25) is 4.79 Å². The van der Waals surface area contributed by atoms with E-state index in [0.29, 0.717) is 10.6 Å². The maximum atomic E-state index is 13.1. The van der Waals surface area contributed by atoms with Crippen LogP contribution in [0.3, 0.4) is 0 Å². The molecule has 0 heterocycles. The van der Waals surface area contributed by atoms with E-state index in [1.807, 2.05) is 6.92 Å². The molecule has 0 atom stereocenters. The van der Waals surface area contributed by atoms with Gasteiger partial charge in [0.2, 0.25) is 0 Å². The van der Waals surface area contributed by atoms with Crippen molar-refractivity contribution in [3.63, 3.8) is 0 Å². The van der Waals surface area contributed by atoms with Gasteiger partial charge in [-0.2, -0.15) is 0 Å². The lowest BCUT2D eigenvalue weighted by molar-refractivity contribution is 0.102. The van der Waals surface area contributed by atoms with Gasteiger partial charge in [0, 0.05) is 22.3 Å². The van der Waals surface area contributed by atoms with Crippen LogP contribution in [0.5, 0.6) is 5.75 Å². The normalized spacial score (nSPS) is 10.3. The zero-order valence-electron chi connectivity index (χ0n) is 10.1. The number of aromatic hydroxyl groups is 1. The predicted molar refractivity (Wildman–Crippen MR) is 72.2 cm³/mol. The third-order valence-electron chi connectivity index (χ3n) is 2.51. The first-order valence-electron chi connectivity index (χ1n) is 5.53. The molecule has 1 amide bonds. The SMILES string of the molecule is Cc1cc(Cl)cc(C(=O)Nc2ccc(O)c(F)c2)c1. The minimum Gasteiger partial charge on any atom is -0.505 e. The van der Waals surface area contributed by atoms with Crippen molar-refractivity contribution < 1.29 is 14.3 Å². The molecule has 0 aliphatic rings. The number of carbonyl (C=O) groups is 1. The second-order valence-corrected chi connectivity index (χ2v) is 4.57. The summed E-state index contributed by atoms with van der Waals surface area (Å²) in [6, 6.07) is 8.57. The van der Waals surface area contributed by atoms with Crippen molar-refractivity contribution in [3.05, 3.63) is 58.4 Å². The van der Waals surface area contributed by atoms with Crippen LogP contribution >= 0.6 is 11.6 Å². The van der Waals surface area contributed by atoms with Gasteiger partial charge >= 0.3 is 0 Å². The van der Waals surface area contributed by atoms with Gasteiger partial charge in [0.15, 0.2) is 11.6 Å². The average Bonchev–Trinajstić information content (AvgIpc) is 2.32. The Labute approximate surface area is 114 Å². The molecule has 0 bridgehead atoms. The fourth-order valence-corrected chi connectivity index (χ4v) is 1.94. The maximum Gasteiger partial charge on any atom is 0.255 e. The van der Waals surface area contributed by atoms with Gasteiger partial charge < -0.3 is 10.4 Å². The van der Waals surface area contributed by atoms with Gasteiger partial charge in [-0.15, -0.1) is 0 Å². The van der Waals surface area contributed by atoms with Gasteiger partial charge in [0.25, 0.3) is 5.91 Å². The number of hydrogen-bond donors (Lipinski definition) is 2. The number of aryl methyl sites for hydroxylation is 1. The molecule has 5 heteroatoms. The van der Waals surface area contributed by atoms with Crippen LogP contribution in [0.25, 0.3) is 0 Å². The number of benzene rings is 2. The Hall–Kier alpha value is -2.07. The number of anilines is 1. The molecule has 19 heavy (non-hydrogen) atoms. The summed E-state index contributed by atoms with van der Waals surface area (Å²) in [4.78, 5) is 12.0. The van der Waals surface area contributed by atoms with Crippen LogP contribution in [0.15, 0.2) is 36.4 Å². The first kappa shape index (κ1) is 13.4. The van der Waals surface area contributed by atoms with Crippen LogP contribution in [0.4, 0.5) is 10.1 Å². The van der Waals surface area contributed by atoms with E-state index in [4.69, 9.17) is 16.7 Å². The van der Waals surface area contributed by atoms with E-state index < -0.39 is 17.5 Å². The Balaban J connectivity index is 2.22. The van der Waals surface area contributed by atoms with Crippen LogP contribution in [0, 0.1) is 12.7 Å². The van der Waals surface area contributed by atoms with Crippen LogP contribution < -0.4 is 5.32 Å². The van der Waals surface area contributed by atoms with Crippen LogP contribution in [-0.2, 0) is 0 Å². The van der Waals surface area contributed by atoms with E-state index >= 15 is 0 Å². The molecular formula is C14H11ClFNO2. The lowest BCUT2D eigenvalue weighted by Gasteiger charge is -2.07. The monoisotopic (exact) mass is 279 g/mol. The average molecular weight is 280 g/mol. The Kier molecular flexibility index (Phi) is 3.71. The van der Waals surface area contributed by atoms with Crippen LogP contribution in [-0.4, -0.2) is 11.0 Å². The Morgan fingerprint density at radius 2 is 2.00 bits per heavy atom. The molecule has 2 rings (SSSR count). The van der Waals surface area contributed by atoms with Crippen molar-refractivity contribution >= 4 is 23.2 Å². The Morgan fingerprint density at radius 1 is 1.26 bits per heavy atom. The summed E-state index contributed by atoms with van der Waals surface area (Å²) >= 11 is 5.87. The second kappa shape index (κ2) is 5.28. The molecule has 0 unspecified atom stereocenters. The molecule has 0 aromatic heterocycles. The van der Waals surface area contributed by atoms with Gasteiger partial charge in [-0.05, 0) is 42.8 Å². The van der Waals surface area contributed by atoms with Gasteiger partial charge in [-0.1, -0.05) is 11.6 Å². The summed E-state index contributed by atoms with van der Waals surface area (Å²) in [5, 5.41) is 12.1. The Bertz CT molecular complexity index is 623. The maximum absolute atomic E-state index is 13.1. The quantitative estimate of drug-likeness (QED) is 0.823. The number of nitrogens with one attached hydrogen (secondary N) is 1. The minimum absolute atomic E-state index is 0.262. The molecule has 2 N–H and O–H groups in total. The van der Waals surface area contributed by atoms with Crippen molar-refractivity contribution in [1.82, 2.24) is 0 Å². The number of halogens is 2. The molecular weight excluding hydrogens is 269 g/mol. The molecule has 0 saturated carbocycles. The summed E-state index contributed by atoms with van der Waals surface area (Å²) in [6.45, 7) is 1.82. The second-order valence-electron chi connectivity index (χ2n) is 4.14. The highest BCUT2D eigenvalue weighted by Gasteiger charge is 2.09. The molecule has 2 aromatic carbocycles. The topological polar surface area (TPSA) is 49.3 Å². The molecule has 2 aromatic rings. The highest BCUT2D eigenvalue weighted by atomic mass is 35.5. The fourth-order valence-electron chi connectivity index (χ4n) is 1.66. The lowest BCUT2D eigenvalue weighted by atomic mass is 10.1. The van der Waals surface area contributed by atoms with E-state index in [1.165, 1.54) is 18.2 Å². The molecule has 3 nitrogen and oxygen atoms in total. The summed E-state index contributed by atoms with van der Waals surface area (Å²) in [5.74, 6) is -1.65. The van der Waals surface area contributed by atoms with Crippen LogP contribution in [0.1, 0.15) is 15.9 Å². The van der Waals surface area contributed by atoms with Crippen molar-refractivity contribution in [2.45, 2.75) is 6.92 Å². The lowest BCUT2D eigenvalue weighted by Crippen LogP contribution is -2.12. The summed E-state index contributed by atoms with van der Waals surface area (Å²) in [6.07, 6.45) is 0. The smallest absolute Gasteiger partial charge is 0.255 e. The van der Waals surface area contributed by atoms with Gasteiger partial charge in [-0.25, -0.2) is 4.39 Å². The standard InChI is InChI=1S/C14H11ClFNO2/c1-8-4-9(6-10(15)5-8)14(19)17-11-2-3-13(18)12(16)7-11/h2-7,18H,1H3,(H,17,19). The van der Waals surface area contributed by atoms with Gasteiger partial charge in [0.1, 0.15) is 0 Å². The van der Waals surface area contributed by atoms with Gasteiger partial charge in [0.05, 0.1) is 0 Å².